The first-order valence-electron chi connectivity index (χ1n) is 8.63. The third kappa shape index (κ3) is 2.57. The molecule has 1 N–H and O–H groups in total. The topological polar surface area (TPSA) is 94.4 Å². The number of methoxy groups -OCH3 is 2. The quantitative estimate of drug-likeness (QED) is 0.744. The summed E-state index contributed by atoms with van der Waals surface area (Å²) in [4.78, 5) is 33.4. The van der Waals surface area contributed by atoms with Gasteiger partial charge in [0.2, 0.25) is 5.95 Å². The van der Waals surface area contributed by atoms with Crippen LogP contribution in [0.15, 0.2) is 27.8 Å². The molecule has 1 atom stereocenters. The van der Waals surface area contributed by atoms with E-state index in [1.807, 2.05) is 27.7 Å². The van der Waals surface area contributed by atoms with Crippen LogP contribution in [-0.4, -0.2) is 39.9 Å². The predicted molar refractivity (Wildman–Crippen MR) is 101 cm³/mol. The van der Waals surface area contributed by atoms with E-state index in [9.17, 15) is 9.59 Å². The average Bonchev–Trinajstić information content (AvgIpc) is 3.05. The Hall–Kier alpha value is -3.23. The van der Waals surface area contributed by atoms with Gasteiger partial charge in [-0.15, -0.1) is 0 Å². The maximum atomic E-state index is 12.5. The Morgan fingerprint density at radius 2 is 1.96 bits per heavy atom. The maximum Gasteiger partial charge on any atom is 0.329 e. The largest absolute Gasteiger partial charge is 0.497 e. The molecule has 9 nitrogen and oxygen atoms in total. The first-order valence-corrected chi connectivity index (χ1v) is 8.63. The number of aromatic nitrogens is 4. The van der Waals surface area contributed by atoms with Crippen molar-refractivity contribution in [1.82, 2.24) is 19.1 Å². The lowest BCUT2D eigenvalue weighted by molar-refractivity contribution is 0.392. The van der Waals surface area contributed by atoms with Crippen molar-refractivity contribution in [3.8, 4) is 11.5 Å². The standard InChI is InChI=1S/C18H21N5O4/c1-10-8-22(12-6-5-11(26-3)7-13(12)27-4)17-19-15-14(23(17)9-10)16(24)20-18(25)21(15)2/h5-7,10H,8-9H2,1-4H3,(H,20,24,25). The van der Waals surface area contributed by atoms with Crippen LogP contribution in [-0.2, 0) is 13.6 Å². The molecule has 1 aliphatic rings. The molecule has 4 rings (SSSR count). The summed E-state index contributed by atoms with van der Waals surface area (Å²) >= 11 is 0. The van der Waals surface area contributed by atoms with Crippen LogP contribution in [0.25, 0.3) is 11.2 Å². The van der Waals surface area contributed by atoms with Crippen molar-refractivity contribution in [2.45, 2.75) is 13.5 Å². The third-order valence-corrected chi connectivity index (χ3v) is 4.89. The molecule has 1 unspecified atom stereocenters. The highest BCUT2D eigenvalue weighted by atomic mass is 16.5. The lowest BCUT2D eigenvalue weighted by Gasteiger charge is -2.33. The fourth-order valence-corrected chi connectivity index (χ4v) is 3.58. The second-order valence-electron chi connectivity index (χ2n) is 6.77. The van der Waals surface area contributed by atoms with Crippen molar-refractivity contribution < 1.29 is 9.47 Å². The third-order valence-electron chi connectivity index (χ3n) is 4.89. The fourth-order valence-electron chi connectivity index (χ4n) is 3.58. The lowest BCUT2D eigenvalue weighted by atomic mass is 10.1. The molecule has 1 aromatic carbocycles. The zero-order valence-electron chi connectivity index (χ0n) is 15.6. The van der Waals surface area contributed by atoms with E-state index in [2.05, 4.69) is 16.9 Å². The van der Waals surface area contributed by atoms with Gasteiger partial charge in [0.05, 0.1) is 19.9 Å². The summed E-state index contributed by atoms with van der Waals surface area (Å²) in [5.74, 6) is 2.20. The number of ether oxygens (including phenoxy) is 2. The molecule has 0 bridgehead atoms. The van der Waals surface area contributed by atoms with Crippen LogP contribution in [0.2, 0.25) is 0 Å². The van der Waals surface area contributed by atoms with Gasteiger partial charge >= 0.3 is 5.69 Å². The number of nitrogens with zero attached hydrogens (tertiary/aromatic N) is 4. The highest BCUT2D eigenvalue weighted by Gasteiger charge is 2.30. The van der Waals surface area contributed by atoms with Crippen molar-refractivity contribution in [1.29, 1.82) is 0 Å². The van der Waals surface area contributed by atoms with E-state index in [1.54, 1.807) is 21.3 Å². The molecule has 27 heavy (non-hydrogen) atoms. The Bertz CT molecular complexity index is 1140. The SMILES string of the molecule is COc1ccc(N2CC(C)Cn3c2nc2c3c(=O)[nH]c(=O)n2C)c(OC)c1. The second-order valence-corrected chi connectivity index (χ2v) is 6.77. The van der Waals surface area contributed by atoms with Gasteiger partial charge in [-0.3, -0.25) is 14.3 Å². The summed E-state index contributed by atoms with van der Waals surface area (Å²) in [7, 11) is 4.80. The van der Waals surface area contributed by atoms with Gasteiger partial charge in [0, 0.05) is 26.2 Å². The summed E-state index contributed by atoms with van der Waals surface area (Å²) in [5, 5.41) is 0. The molecule has 1 aliphatic heterocycles. The number of hydrogen-bond acceptors (Lipinski definition) is 6. The first kappa shape index (κ1) is 17.2. The second kappa shape index (κ2) is 6.19. The zero-order chi connectivity index (χ0) is 19.3. The Labute approximate surface area is 154 Å². The number of nitrogens with one attached hydrogen (secondary N) is 1. The molecule has 0 saturated carbocycles. The molecule has 9 heteroatoms. The molecule has 3 aromatic rings. The van der Waals surface area contributed by atoms with Crippen molar-refractivity contribution in [3.05, 3.63) is 39.0 Å². The maximum absolute atomic E-state index is 12.5. The summed E-state index contributed by atoms with van der Waals surface area (Å²) in [6.45, 7) is 3.45. The van der Waals surface area contributed by atoms with Crippen molar-refractivity contribution in [3.63, 3.8) is 0 Å². The van der Waals surface area contributed by atoms with Crippen LogP contribution in [0, 0.1) is 5.92 Å². The number of fused-ring (bicyclic) bond motifs is 3. The molecular weight excluding hydrogens is 350 g/mol. The zero-order valence-corrected chi connectivity index (χ0v) is 15.6. The number of hydrogen-bond donors (Lipinski definition) is 1. The van der Waals surface area contributed by atoms with Gasteiger partial charge in [-0.05, 0) is 18.1 Å². The minimum Gasteiger partial charge on any atom is -0.497 e. The lowest BCUT2D eigenvalue weighted by Crippen LogP contribution is -2.35. The molecule has 2 aromatic heterocycles. The van der Waals surface area contributed by atoms with E-state index in [4.69, 9.17) is 9.47 Å². The number of anilines is 2. The van der Waals surface area contributed by atoms with Gasteiger partial charge in [-0.2, -0.15) is 4.98 Å². The minimum absolute atomic E-state index is 0.262. The smallest absolute Gasteiger partial charge is 0.329 e. The first-order chi connectivity index (χ1) is 12.9. The van der Waals surface area contributed by atoms with Crippen molar-refractivity contribution in [2.24, 2.45) is 13.0 Å². The molecule has 0 radical (unpaired) electrons. The van der Waals surface area contributed by atoms with E-state index >= 15 is 0 Å². The summed E-state index contributed by atoms with van der Waals surface area (Å²) in [6.07, 6.45) is 0. The van der Waals surface area contributed by atoms with Gasteiger partial charge in [0.15, 0.2) is 11.2 Å². The van der Waals surface area contributed by atoms with Crippen LogP contribution in [0.5, 0.6) is 11.5 Å². The van der Waals surface area contributed by atoms with Gasteiger partial charge in [0.25, 0.3) is 5.56 Å². The number of imidazole rings is 1. The fraction of sp³-hybridized carbons (Fsp3) is 0.389. The van der Waals surface area contributed by atoms with E-state index in [0.717, 1.165) is 5.69 Å². The van der Waals surface area contributed by atoms with E-state index < -0.39 is 11.2 Å². The van der Waals surface area contributed by atoms with Crippen LogP contribution in [0.3, 0.4) is 0 Å². The van der Waals surface area contributed by atoms with E-state index in [0.29, 0.717) is 41.7 Å². The van der Waals surface area contributed by atoms with Gasteiger partial charge < -0.3 is 18.9 Å². The van der Waals surface area contributed by atoms with Crippen LogP contribution >= 0.6 is 0 Å². The average molecular weight is 371 g/mol. The summed E-state index contributed by atoms with van der Waals surface area (Å²) < 4.78 is 14.1. The Balaban J connectivity index is 1.98. The van der Waals surface area contributed by atoms with Crippen LogP contribution < -0.4 is 25.6 Å². The van der Waals surface area contributed by atoms with Crippen molar-refractivity contribution in [2.75, 3.05) is 25.7 Å². The number of H-pyrrole nitrogens is 1. The minimum atomic E-state index is -0.482. The molecular formula is C18H21N5O4. The van der Waals surface area contributed by atoms with Crippen LogP contribution in [0.1, 0.15) is 6.92 Å². The number of aryl methyl sites for hydroxylation is 1. The molecule has 0 saturated heterocycles. The molecule has 3 heterocycles. The molecule has 0 spiro atoms. The molecule has 0 fully saturated rings. The van der Waals surface area contributed by atoms with Crippen molar-refractivity contribution >= 4 is 22.8 Å². The van der Waals surface area contributed by atoms with Crippen LogP contribution in [0.4, 0.5) is 11.6 Å². The number of benzene rings is 1. The van der Waals surface area contributed by atoms with Gasteiger partial charge in [-0.25, -0.2) is 4.79 Å². The summed E-state index contributed by atoms with van der Waals surface area (Å²) in [6, 6.07) is 5.57. The summed E-state index contributed by atoms with van der Waals surface area (Å²) in [5.41, 5.74) is 0.677. The van der Waals surface area contributed by atoms with Gasteiger partial charge in [0.1, 0.15) is 11.5 Å². The highest BCUT2D eigenvalue weighted by Crippen LogP contribution is 2.39. The van der Waals surface area contributed by atoms with Gasteiger partial charge in [-0.1, -0.05) is 6.92 Å². The Morgan fingerprint density at radius 1 is 1.19 bits per heavy atom. The molecule has 0 aliphatic carbocycles. The number of rotatable bonds is 3. The molecule has 0 amide bonds. The van der Waals surface area contributed by atoms with E-state index in [1.165, 1.54) is 4.57 Å². The normalized spacial score (nSPS) is 16.4. The Morgan fingerprint density at radius 3 is 2.67 bits per heavy atom. The Kier molecular flexibility index (Phi) is 3.94. The highest BCUT2D eigenvalue weighted by molar-refractivity contribution is 5.78. The monoisotopic (exact) mass is 371 g/mol. The number of aromatic amines is 1. The van der Waals surface area contributed by atoms with E-state index in [-0.39, 0.29) is 5.92 Å². The predicted octanol–water partition coefficient (Wildman–Crippen LogP) is 1.23. The molecule has 142 valence electrons.